The van der Waals surface area contributed by atoms with Gasteiger partial charge in [0.2, 0.25) is 5.88 Å². The molecule has 4 aromatic rings. The van der Waals surface area contributed by atoms with Gasteiger partial charge in [-0.2, -0.15) is 0 Å². The third-order valence-electron chi connectivity index (χ3n) is 4.94. The fourth-order valence-corrected chi connectivity index (χ4v) is 3.26. The summed E-state index contributed by atoms with van der Waals surface area (Å²) in [5, 5.41) is 7.24. The van der Waals surface area contributed by atoms with Crippen molar-refractivity contribution in [3.05, 3.63) is 107 Å². The van der Waals surface area contributed by atoms with Gasteiger partial charge >= 0.3 is 0 Å². The first kappa shape index (κ1) is 23.0. The van der Waals surface area contributed by atoms with E-state index >= 15 is 0 Å². The Morgan fingerprint density at radius 3 is 2.12 bits per heavy atom. The molecule has 3 aromatic carbocycles. The molecule has 0 bridgehead atoms. The predicted molar refractivity (Wildman–Crippen MR) is 124 cm³/mol. The second-order valence-corrected chi connectivity index (χ2v) is 7.50. The first-order valence-corrected chi connectivity index (χ1v) is 10.7. The number of benzene rings is 3. The van der Waals surface area contributed by atoms with E-state index in [1.54, 1.807) is 59.4 Å². The van der Waals surface area contributed by atoms with Crippen LogP contribution in [0.5, 0.6) is 11.6 Å². The number of anilines is 1. The van der Waals surface area contributed by atoms with Gasteiger partial charge in [0.25, 0.3) is 5.91 Å². The number of rotatable bonds is 9. The molecule has 0 fully saturated rings. The van der Waals surface area contributed by atoms with Crippen molar-refractivity contribution in [3.63, 3.8) is 0 Å². The molecule has 4 rings (SSSR count). The monoisotopic (exact) mass is 463 g/mol. The lowest BCUT2D eigenvalue weighted by Gasteiger charge is -2.08. The van der Waals surface area contributed by atoms with Gasteiger partial charge in [0, 0.05) is 11.9 Å². The number of carbonyl (C=O) groups is 1. The highest BCUT2D eigenvalue weighted by Gasteiger charge is 2.19. The minimum atomic E-state index is -0.399. The van der Waals surface area contributed by atoms with E-state index < -0.39 is 5.91 Å². The van der Waals surface area contributed by atoms with E-state index in [-0.39, 0.29) is 29.7 Å². The predicted octanol–water partition coefficient (Wildman–Crippen LogP) is 5.44. The number of hydrogen-bond donors (Lipinski definition) is 1. The van der Waals surface area contributed by atoms with Crippen LogP contribution in [0.2, 0.25) is 0 Å². The van der Waals surface area contributed by atoms with Gasteiger partial charge in [-0.25, -0.2) is 8.78 Å². The summed E-state index contributed by atoms with van der Waals surface area (Å²) >= 11 is 0. The van der Waals surface area contributed by atoms with Crippen LogP contribution in [-0.4, -0.2) is 22.3 Å². The standard InChI is InChI=1S/C26H23F2N3O3/c1-2-33-23-13-11-22(12-14-23)29-25(32)24-16-31(15-18-3-7-20(27)8-4-18)30-26(24)34-17-19-5-9-21(28)10-6-19/h3-14,16H,2,15,17H2,1H3,(H,29,32). The van der Waals surface area contributed by atoms with Crippen molar-refractivity contribution in [2.75, 3.05) is 11.9 Å². The lowest BCUT2D eigenvalue weighted by molar-refractivity contribution is 0.102. The number of halogens is 2. The Kier molecular flexibility index (Phi) is 7.17. The molecule has 1 amide bonds. The van der Waals surface area contributed by atoms with Gasteiger partial charge in [0.15, 0.2) is 0 Å². The highest BCUT2D eigenvalue weighted by Crippen LogP contribution is 2.22. The number of hydrogen-bond acceptors (Lipinski definition) is 4. The van der Waals surface area contributed by atoms with Crippen LogP contribution < -0.4 is 14.8 Å². The van der Waals surface area contributed by atoms with Crippen LogP contribution >= 0.6 is 0 Å². The van der Waals surface area contributed by atoms with Crippen molar-refractivity contribution >= 4 is 11.6 Å². The Morgan fingerprint density at radius 2 is 1.50 bits per heavy atom. The highest BCUT2D eigenvalue weighted by atomic mass is 19.1. The summed E-state index contributed by atoms with van der Waals surface area (Å²) in [6.07, 6.45) is 1.58. The summed E-state index contributed by atoms with van der Waals surface area (Å²) in [5.74, 6) is -0.236. The minimum Gasteiger partial charge on any atom is -0.494 e. The lowest BCUT2D eigenvalue weighted by Crippen LogP contribution is -2.12. The zero-order valence-electron chi connectivity index (χ0n) is 18.5. The Labute approximate surface area is 195 Å². The van der Waals surface area contributed by atoms with Crippen molar-refractivity contribution in [3.8, 4) is 11.6 Å². The van der Waals surface area contributed by atoms with Crippen LogP contribution in [0, 0.1) is 11.6 Å². The number of nitrogens with one attached hydrogen (secondary N) is 1. The summed E-state index contributed by atoms with van der Waals surface area (Å²) in [6, 6.07) is 18.9. The van der Waals surface area contributed by atoms with E-state index in [4.69, 9.17) is 9.47 Å². The number of aromatic nitrogens is 2. The summed E-state index contributed by atoms with van der Waals surface area (Å²) in [6.45, 7) is 2.88. The lowest BCUT2D eigenvalue weighted by atomic mass is 10.2. The van der Waals surface area contributed by atoms with E-state index in [1.807, 2.05) is 6.92 Å². The van der Waals surface area contributed by atoms with Crippen LogP contribution in [0.3, 0.4) is 0 Å². The quantitative estimate of drug-likeness (QED) is 0.359. The Bertz CT molecular complexity index is 1240. The molecule has 1 N–H and O–H groups in total. The van der Waals surface area contributed by atoms with Gasteiger partial charge in [-0.3, -0.25) is 9.48 Å². The van der Waals surface area contributed by atoms with Crippen molar-refractivity contribution in [1.29, 1.82) is 0 Å². The molecule has 0 radical (unpaired) electrons. The van der Waals surface area contributed by atoms with Crippen LogP contribution in [0.15, 0.2) is 79.0 Å². The summed E-state index contributed by atoms with van der Waals surface area (Å²) < 4.78 is 39.2. The smallest absolute Gasteiger partial charge is 0.262 e. The van der Waals surface area contributed by atoms with Crippen LogP contribution in [0.25, 0.3) is 0 Å². The van der Waals surface area contributed by atoms with E-state index in [2.05, 4.69) is 10.4 Å². The van der Waals surface area contributed by atoms with Crippen molar-refractivity contribution < 1.29 is 23.0 Å². The van der Waals surface area contributed by atoms with Crippen molar-refractivity contribution in [2.24, 2.45) is 0 Å². The largest absolute Gasteiger partial charge is 0.494 e. The maximum atomic E-state index is 13.2. The average Bonchev–Trinajstić information content (AvgIpc) is 3.24. The number of carbonyl (C=O) groups excluding carboxylic acids is 1. The van der Waals surface area contributed by atoms with Gasteiger partial charge in [-0.1, -0.05) is 24.3 Å². The topological polar surface area (TPSA) is 65.4 Å². The summed E-state index contributed by atoms with van der Waals surface area (Å²) in [4.78, 5) is 13.0. The molecule has 34 heavy (non-hydrogen) atoms. The molecule has 0 spiro atoms. The van der Waals surface area contributed by atoms with Crippen molar-refractivity contribution in [2.45, 2.75) is 20.1 Å². The van der Waals surface area contributed by atoms with Crippen molar-refractivity contribution in [1.82, 2.24) is 9.78 Å². The fourth-order valence-electron chi connectivity index (χ4n) is 3.26. The normalized spacial score (nSPS) is 10.7. The molecule has 0 saturated carbocycles. The molecule has 1 heterocycles. The Hall–Kier alpha value is -4.20. The van der Waals surface area contributed by atoms with Gasteiger partial charge in [-0.05, 0) is 66.6 Å². The summed E-state index contributed by atoms with van der Waals surface area (Å²) in [5.41, 5.74) is 2.36. The number of amides is 1. The van der Waals surface area contributed by atoms with Gasteiger partial charge in [-0.15, -0.1) is 5.10 Å². The first-order valence-electron chi connectivity index (χ1n) is 10.7. The van der Waals surface area contributed by atoms with Crippen LogP contribution in [0.1, 0.15) is 28.4 Å². The second-order valence-electron chi connectivity index (χ2n) is 7.50. The Morgan fingerprint density at radius 1 is 0.882 bits per heavy atom. The number of ether oxygens (including phenoxy) is 2. The highest BCUT2D eigenvalue weighted by molar-refractivity contribution is 6.05. The molecule has 0 aliphatic heterocycles. The molecule has 174 valence electrons. The van der Waals surface area contributed by atoms with Gasteiger partial charge in [0.05, 0.1) is 13.2 Å². The Balaban J connectivity index is 1.54. The van der Waals surface area contributed by atoms with Gasteiger partial charge in [0.1, 0.15) is 29.6 Å². The molecular formula is C26H23F2N3O3. The van der Waals surface area contributed by atoms with E-state index in [9.17, 15) is 13.6 Å². The molecule has 0 aliphatic rings. The second kappa shape index (κ2) is 10.6. The molecule has 0 atom stereocenters. The zero-order chi connectivity index (χ0) is 23.9. The molecule has 0 aliphatic carbocycles. The third kappa shape index (κ3) is 5.98. The zero-order valence-corrected chi connectivity index (χ0v) is 18.5. The molecule has 0 unspecified atom stereocenters. The van der Waals surface area contributed by atoms with Crippen LogP contribution in [0.4, 0.5) is 14.5 Å². The van der Waals surface area contributed by atoms with Gasteiger partial charge < -0.3 is 14.8 Å². The molecule has 1 aromatic heterocycles. The molecule has 8 heteroatoms. The number of nitrogens with zero attached hydrogens (tertiary/aromatic N) is 2. The molecular weight excluding hydrogens is 440 g/mol. The third-order valence-corrected chi connectivity index (χ3v) is 4.94. The van der Waals surface area contributed by atoms with E-state index in [1.165, 1.54) is 24.3 Å². The fraction of sp³-hybridized carbons (Fsp3) is 0.154. The van der Waals surface area contributed by atoms with E-state index in [0.717, 1.165) is 11.1 Å². The molecule has 0 saturated heterocycles. The maximum Gasteiger partial charge on any atom is 0.262 e. The van der Waals surface area contributed by atoms with Crippen LogP contribution in [-0.2, 0) is 13.2 Å². The SMILES string of the molecule is CCOc1ccc(NC(=O)c2cn(Cc3ccc(F)cc3)nc2OCc2ccc(F)cc2)cc1. The van der Waals surface area contributed by atoms with E-state index in [0.29, 0.717) is 24.6 Å². The maximum absolute atomic E-state index is 13.2. The average molecular weight is 463 g/mol. The summed E-state index contributed by atoms with van der Waals surface area (Å²) in [7, 11) is 0. The molecule has 6 nitrogen and oxygen atoms in total. The minimum absolute atomic E-state index is 0.108. The first-order chi connectivity index (χ1) is 16.5.